The summed E-state index contributed by atoms with van der Waals surface area (Å²) in [6.07, 6.45) is 0. The molecular formula is C36H22O2. The zero-order valence-corrected chi connectivity index (χ0v) is 20.5. The smallest absolute Gasteiger partial charge is 0.143 e. The number of ether oxygens (including phenoxy) is 1. The Bertz CT molecular complexity index is 1990. The molecular weight excluding hydrogens is 464 g/mol. The largest absolute Gasteiger partial charge is 0.456 e. The van der Waals surface area contributed by atoms with Crippen LogP contribution < -0.4 is 4.74 Å². The van der Waals surface area contributed by atoms with Crippen LogP contribution in [0.3, 0.4) is 0 Å². The molecule has 2 heteroatoms. The molecule has 2 nitrogen and oxygen atoms in total. The van der Waals surface area contributed by atoms with Crippen LogP contribution in [-0.2, 0) is 0 Å². The number of fused-ring (bicyclic) bond motifs is 8. The van der Waals surface area contributed by atoms with Crippen LogP contribution in [0.4, 0.5) is 0 Å². The summed E-state index contributed by atoms with van der Waals surface area (Å²) in [5.41, 5.74) is 11.0. The fraction of sp³-hybridized carbons (Fsp3) is 0. The van der Waals surface area contributed by atoms with E-state index in [1.54, 1.807) is 0 Å². The standard InChI is InChI=1S/C36H22O2/c1-2-9-28-27(8-1)29-10-3-5-14-33(29)37-35-21-20-25(22-32(28)35)23-16-18-24(19-17-23)26-12-7-13-31-30-11-4-6-15-34(30)38-36(26)31/h1-22H. The second kappa shape index (κ2) is 8.22. The number of benzene rings is 6. The molecule has 8 rings (SSSR count). The average Bonchev–Trinajstić information content (AvgIpc) is 3.30. The van der Waals surface area contributed by atoms with Gasteiger partial charge in [0, 0.05) is 27.5 Å². The molecule has 0 saturated heterocycles. The van der Waals surface area contributed by atoms with E-state index >= 15 is 0 Å². The van der Waals surface area contributed by atoms with Gasteiger partial charge >= 0.3 is 0 Å². The van der Waals surface area contributed by atoms with E-state index in [0.717, 1.165) is 66.8 Å². The van der Waals surface area contributed by atoms with Gasteiger partial charge in [-0.1, -0.05) is 109 Å². The van der Waals surface area contributed by atoms with E-state index in [4.69, 9.17) is 9.15 Å². The van der Waals surface area contributed by atoms with Gasteiger partial charge in [0.1, 0.15) is 22.7 Å². The van der Waals surface area contributed by atoms with Gasteiger partial charge in [0.2, 0.25) is 0 Å². The highest BCUT2D eigenvalue weighted by Crippen LogP contribution is 2.47. The molecule has 0 N–H and O–H groups in total. The van der Waals surface area contributed by atoms with Crippen LogP contribution in [-0.4, -0.2) is 0 Å². The number of rotatable bonds is 2. The molecule has 1 aromatic heterocycles. The van der Waals surface area contributed by atoms with Crippen LogP contribution in [0, 0.1) is 0 Å². The maximum Gasteiger partial charge on any atom is 0.143 e. The third kappa shape index (κ3) is 3.21. The van der Waals surface area contributed by atoms with Gasteiger partial charge in [-0.15, -0.1) is 0 Å². The van der Waals surface area contributed by atoms with Crippen molar-refractivity contribution in [1.29, 1.82) is 0 Å². The summed E-state index contributed by atoms with van der Waals surface area (Å²) in [7, 11) is 0. The topological polar surface area (TPSA) is 22.4 Å². The lowest BCUT2D eigenvalue weighted by atomic mass is 9.92. The molecule has 2 heterocycles. The van der Waals surface area contributed by atoms with Crippen molar-refractivity contribution in [2.24, 2.45) is 0 Å². The van der Waals surface area contributed by atoms with Crippen molar-refractivity contribution in [1.82, 2.24) is 0 Å². The van der Waals surface area contributed by atoms with E-state index in [1.165, 1.54) is 11.1 Å². The van der Waals surface area contributed by atoms with Crippen molar-refractivity contribution in [2.45, 2.75) is 0 Å². The van der Waals surface area contributed by atoms with Gasteiger partial charge in [-0.3, -0.25) is 0 Å². The summed E-state index contributed by atoms with van der Waals surface area (Å²) >= 11 is 0. The van der Waals surface area contributed by atoms with Crippen LogP contribution in [0.15, 0.2) is 138 Å². The van der Waals surface area contributed by atoms with E-state index in [2.05, 4.69) is 109 Å². The number of hydrogen-bond donors (Lipinski definition) is 0. The van der Waals surface area contributed by atoms with Crippen LogP contribution in [0.2, 0.25) is 0 Å². The predicted octanol–water partition coefficient (Wildman–Crippen LogP) is 10.4. The van der Waals surface area contributed by atoms with Crippen molar-refractivity contribution in [3.8, 4) is 56.0 Å². The molecule has 0 fully saturated rings. The van der Waals surface area contributed by atoms with E-state index in [0.29, 0.717) is 0 Å². The molecule has 0 bridgehead atoms. The number of furan rings is 1. The van der Waals surface area contributed by atoms with Crippen molar-refractivity contribution in [2.75, 3.05) is 0 Å². The van der Waals surface area contributed by atoms with Crippen LogP contribution in [0.1, 0.15) is 0 Å². The van der Waals surface area contributed by atoms with Crippen molar-refractivity contribution in [3.63, 3.8) is 0 Å². The normalized spacial score (nSPS) is 11.9. The molecule has 0 radical (unpaired) electrons. The van der Waals surface area contributed by atoms with Crippen LogP contribution >= 0.6 is 0 Å². The van der Waals surface area contributed by atoms with Crippen LogP contribution in [0.5, 0.6) is 11.5 Å². The molecule has 0 amide bonds. The van der Waals surface area contributed by atoms with Crippen molar-refractivity contribution < 1.29 is 9.15 Å². The molecule has 0 aliphatic carbocycles. The monoisotopic (exact) mass is 486 g/mol. The summed E-state index contributed by atoms with van der Waals surface area (Å²) < 4.78 is 12.7. The minimum Gasteiger partial charge on any atom is -0.456 e. The molecule has 0 saturated carbocycles. The highest BCUT2D eigenvalue weighted by molar-refractivity contribution is 6.09. The van der Waals surface area contributed by atoms with E-state index in [-0.39, 0.29) is 0 Å². The maximum absolute atomic E-state index is 6.41. The number of hydrogen-bond acceptors (Lipinski definition) is 2. The molecule has 0 atom stereocenters. The van der Waals surface area contributed by atoms with Crippen molar-refractivity contribution >= 4 is 21.9 Å². The fourth-order valence-corrected chi connectivity index (χ4v) is 5.68. The second-order valence-corrected chi connectivity index (χ2v) is 9.71. The zero-order valence-electron chi connectivity index (χ0n) is 20.5. The van der Waals surface area contributed by atoms with Gasteiger partial charge in [-0.05, 0) is 52.1 Å². The predicted molar refractivity (Wildman–Crippen MR) is 156 cm³/mol. The molecule has 0 spiro atoms. The van der Waals surface area contributed by atoms with Gasteiger partial charge < -0.3 is 9.15 Å². The maximum atomic E-state index is 6.41. The molecule has 7 aromatic rings. The molecule has 6 aromatic carbocycles. The summed E-state index contributed by atoms with van der Waals surface area (Å²) in [4.78, 5) is 0. The fourth-order valence-electron chi connectivity index (χ4n) is 5.68. The van der Waals surface area contributed by atoms with Gasteiger partial charge in [-0.2, -0.15) is 0 Å². The molecule has 1 aliphatic rings. The Kier molecular flexibility index (Phi) is 4.55. The first-order valence-electron chi connectivity index (χ1n) is 12.9. The van der Waals surface area contributed by atoms with Crippen LogP contribution in [0.25, 0.3) is 66.4 Å². The van der Waals surface area contributed by atoms with E-state index < -0.39 is 0 Å². The highest BCUT2D eigenvalue weighted by Gasteiger charge is 2.20. The zero-order chi connectivity index (χ0) is 25.1. The summed E-state index contributed by atoms with van der Waals surface area (Å²) in [6, 6.07) is 46.6. The lowest BCUT2D eigenvalue weighted by molar-refractivity contribution is 0.488. The Hall–Kier alpha value is -5.08. The SMILES string of the molecule is c1ccc2c(c1)Oc1ccc(-c3ccc(-c4cccc5c4oc4ccccc45)cc3)cc1-c1ccccc1-2. The Morgan fingerprint density at radius 2 is 0.974 bits per heavy atom. The van der Waals surface area contributed by atoms with Gasteiger partial charge in [0.15, 0.2) is 0 Å². The molecule has 0 unspecified atom stereocenters. The minimum atomic E-state index is 0.874. The number of para-hydroxylation sites is 3. The van der Waals surface area contributed by atoms with E-state index in [1.807, 2.05) is 24.3 Å². The van der Waals surface area contributed by atoms with Gasteiger partial charge in [-0.25, -0.2) is 0 Å². The highest BCUT2D eigenvalue weighted by atomic mass is 16.5. The van der Waals surface area contributed by atoms with Gasteiger partial charge in [0.25, 0.3) is 0 Å². The first-order chi connectivity index (χ1) is 18.8. The quantitative estimate of drug-likeness (QED) is 0.242. The average molecular weight is 487 g/mol. The minimum absolute atomic E-state index is 0.874. The summed E-state index contributed by atoms with van der Waals surface area (Å²) in [5.74, 6) is 1.76. The molecule has 1 aliphatic heterocycles. The molecule has 38 heavy (non-hydrogen) atoms. The third-order valence-electron chi connectivity index (χ3n) is 7.53. The second-order valence-electron chi connectivity index (χ2n) is 9.71. The lowest BCUT2D eigenvalue weighted by Crippen LogP contribution is -1.88. The van der Waals surface area contributed by atoms with Crippen molar-refractivity contribution in [3.05, 3.63) is 133 Å². The summed E-state index contributed by atoms with van der Waals surface area (Å²) in [6.45, 7) is 0. The Balaban J connectivity index is 1.22. The summed E-state index contributed by atoms with van der Waals surface area (Å²) in [5, 5.41) is 2.29. The Morgan fingerprint density at radius 1 is 0.368 bits per heavy atom. The van der Waals surface area contributed by atoms with Gasteiger partial charge in [0.05, 0.1) is 0 Å². The third-order valence-corrected chi connectivity index (χ3v) is 7.53. The van der Waals surface area contributed by atoms with E-state index in [9.17, 15) is 0 Å². The Morgan fingerprint density at radius 3 is 1.84 bits per heavy atom. The molecule has 178 valence electrons. The first kappa shape index (κ1) is 21.0. The first-order valence-corrected chi connectivity index (χ1v) is 12.9. The Labute approximate surface area is 220 Å². The lowest BCUT2D eigenvalue weighted by Gasteiger charge is -2.12.